The lowest BCUT2D eigenvalue weighted by molar-refractivity contribution is -0.142. The number of aliphatic imine (C=N–C) groups is 1. The standard InChI is InChI=1S/C22H33N5O3.HI/c1-2-23-22(25-17-20(28)24-11-10-18-7-4-3-5-8-18)27-14-12-26(13-15-27)21(29)19-9-6-16-30-19;/h3-5,7-8,19H,2,6,9-17H2,1H3,(H,23,25)(H,24,28);1H. The van der Waals surface area contributed by atoms with Crippen molar-refractivity contribution in [2.24, 2.45) is 4.99 Å². The average Bonchev–Trinajstić information content (AvgIpc) is 3.32. The molecule has 9 heteroatoms. The summed E-state index contributed by atoms with van der Waals surface area (Å²) in [6.45, 7) is 6.78. The Hall–Kier alpha value is -1.88. The second kappa shape index (κ2) is 13.5. The van der Waals surface area contributed by atoms with Crippen LogP contribution < -0.4 is 10.6 Å². The predicted molar refractivity (Wildman–Crippen MR) is 132 cm³/mol. The van der Waals surface area contributed by atoms with Crippen LogP contribution in [0.2, 0.25) is 0 Å². The highest BCUT2D eigenvalue weighted by atomic mass is 127. The lowest BCUT2D eigenvalue weighted by atomic mass is 10.1. The SMILES string of the molecule is CCNC(=NCC(=O)NCCc1ccccc1)N1CCN(C(=O)C2CCCO2)CC1.I. The van der Waals surface area contributed by atoms with Crippen molar-refractivity contribution in [3.63, 3.8) is 0 Å². The molecule has 1 unspecified atom stereocenters. The number of nitrogens with zero attached hydrogens (tertiary/aromatic N) is 3. The number of piperazine rings is 1. The van der Waals surface area contributed by atoms with E-state index in [1.807, 2.05) is 30.0 Å². The van der Waals surface area contributed by atoms with E-state index in [4.69, 9.17) is 4.74 Å². The van der Waals surface area contributed by atoms with Crippen LogP contribution in [0.15, 0.2) is 35.3 Å². The summed E-state index contributed by atoms with van der Waals surface area (Å²) in [5, 5.41) is 6.18. The lowest BCUT2D eigenvalue weighted by Gasteiger charge is -2.37. The third-order valence-electron chi connectivity index (χ3n) is 5.38. The van der Waals surface area contributed by atoms with Crippen LogP contribution in [0.5, 0.6) is 0 Å². The molecule has 1 aromatic carbocycles. The molecular weight excluding hydrogens is 509 g/mol. The molecule has 0 spiro atoms. The maximum atomic E-state index is 12.5. The van der Waals surface area contributed by atoms with Gasteiger partial charge in [-0.1, -0.05) is 30.3 Å². The van der Waals surface area contributed by atoms with Crippen molar-refractivity contribution >= 4 is 41.8 Å². The van der Waals surface area contributed by atoms with Gasteiger partial charge in [0, 0.05) is 45.9 Å². The Kier molecular flexibility index (Phi) is 11.1. The first-order valence-electron chi connectivity index (χ1n) is 10.9. The van der Waals surface area contributed by atoms with E-state index in [0.717, 1.165) is 31.8 Å². The van der Waals surface area contributed by atoms with E-state index in [9.17, 15) is 9.59 Å². The van der Waals surface area contributed by atoms with Crippen LogP contribution in [-0.2, 0) is 20.7 Å². The van der Waals surface area contributed by atoms with Gasteiger partial charge in [-0.05, 0) is 31.7 Å². The van der Waals surface area contributed by atoms with Crippen molar-refractivity contribution < 1.29 is 14.3 Å². The van der Waals surface area contributed by atoms with Crippen molar-refractivity contribution in [2.75, 3.05) is 52.4 Å². The minimum absolute atomic E-state index is 0. The molecule has 3 rings (SSSR count). The molecule has 2 saturated heterocycles. The maximum absolute atomic E-state index is 12.5. The Bertz CT molecular complexity index is 717. The van der Waals surface area contributed by atoms with Crippen LogP contribution in [0.3, 0.4) is 0 Å². The van der Waals surface area contributed by atoms with E-state index in [0.29, 0.717) is 39.3 Å². The molecule has 0 bridgehead atoms. The minimum atomic E-state index is -0.266. The molecule has 0 radical (unpaired) electrons. The molecule has 2 aliphatic rings. The number of nitrogens with one attached hydrogen (secondary N) is 2. The van der Waals surface area contributed by atoms with E-state index in [2.05, 4.69) is 32.7 Å². The van der Waals surface area contributed by atoms with E-state index < -0.39 is 0 Å². The Morgan fingerprint density at radius 2 is 1.81 bits per heavy atom. The Balaban J connectivity index is 0.00000341. The highest BCUT2D eigenvalue weighted by molar-refractivity contribution is 14.0. The molecule has 2 N–H and O–H groups in total. The first-order valence-corrected chi connectivity index (χ1v) is 10.9. The average molecular weight is 543 g/mol. The predicted octanol–water partition coefficient (Wildman–Crippen LogP) is 1.25. The van der Waals surface area contributed by atoms with Gasteiger partial charge in [-0.15, -0.1) is 24.0 Å². The van der Waals surface area contributed by atoms with Crippen molar-refractivity contribution in [3.05, 3.63) is 35.9 Å². The summed E-state index contributed by atoms with van der Waals surface area (Å²) < 4.78 is 5.52. The zero-order valence-electron chi connectivity index (χ0n) is 18.2. The monoisotopic (exact) mass is 543 g/mol. The van der Waals surface area contributed by atoms with Crippen molar-refractivity contribution in [3.8, 4) is 0 Å². The number of hydrogen-bond donors (Lipinski definition) is 2. The van der Waals surface area contributed by atoms with Gasteiger partial charge in [0.25, 0.3) is 5.91 Å². The smallest absolute Gasteiger partial charge is 0.251 e. The molecule has 2 heterocycles. The molecule has 0 saturated carbocycles. The summed E-state index contributed by atoms with van der Waals surface area (Å²) in [5.74, 6) is 0.736. The largest absolute Gasteiger partial charge is 0.368 e. The number of guanidine groups is 1. The van der Waals surface area contributed by atoms with E-state index in [1.54, 1.807) is 0 Å². The molecule has 172 valence electrons. The second-order valence-corrected chi connectivity index (χ2v) is 7.57. The summed E-state index contributed by atoms with van der Waals surface area (Å²) in [6, 6.07) is 10.1. The van der Waals surface area contributed by atoms with Gasteiger partial charge < -0.3 is 25.2 Å². The van der Waals surface area contributed by atoms with Gasteiger partial charge in [-0.3, -0.25) is 9.59 Å². The summed E-state index contributed by atoms with van der Waals surface area (Å²) in [4.78, 5) is 33.2. The molecule has 1 atom stereocenters. The minimum Gasteiger partial charge on any atom is -0.368 e. The molecule has 0 aliphatic carbocycles. The van der Waals surface area contributed by atoms with Gasteiger partial charge >= 0.3 is 0 Å². The summed E-state index contributed by atoms with van der Waals surface area (Å²) >= 11 is 0. The molecule has 1 aromatic rings. The summed E-state index contributed by atoms with van der Waals surface area (Å²) in [7, 11) is 0. The highest BCUT2D eigenvalue weighted by Crippen LogP contribution is 2.16. The molecule has 0 aromatic heterocycles. The van der Waals surface area contributed by atoms with Gasteiger partial charge in [0.2, 0.25) is 5.91 Å². The van der Waals surface area contributed by atoms with Crippen LogP contribution in [0.25, 0.3) is 0 Å². The van der Waals surface area contributed by atoms with Crippen molar-refractivity contribution in [1.29, 1.82) is 0 Å². The van der Waals surface area contributed by atoms with Crippen molar-refractivity contribution in [2.45, 2.75) is 32.3 Å². The fourth-order valence-corrected chi connectivity index (χ4v) is 3.73. The van der Waals surface area contributed by atoms with Crippen molar-refractivity contribution in [1.82, 2.24) is 20.4 Å². The van der Waals surface area contributed by atoms with Crippen LogP contribution in [0.1, 0.15) is 25.3 Å². The van der Waals surface area contributed by atoms with Gasteiger partial charge in [0.05, 0.1) is 0 Å². The maximum Gasteiger partial charge on any atom is 0.251 e. The number of halogens is 1. The first-order chi connectivity index (χ1) is 14.7. The van der Waals surface area contributed by atoms with Gasteiger partial charge in [-0.25, -0.2) is 4.99 Å². The first kappa shape index (κ1) is 25.4. The zero-order chi connectivity index (χ0) is 21.2. The topological polar surface area (TPSA) is 86.3 Å². The molecule has 2 fully saturated rings. The molecule has 31 heavy (non-hydrogen) atoms. The normalized spacial score (nSPS) is 19.0. The Morgan fingerprint density at radius 3 is 2.45 bits per heavy atom. The number of amides is 2. The Morgan fingerprint density at radius 1 is 1.10 bits per heavy atom. The van der Waals surface area contributed by atoms with Gasteiger partial charge in [0.15, 0.2) is 5.96 Å². The van der Waals surface area contributed by atoms with Crippen LogP contribution >= 0.6 is 24.0 Å². The third-order valence-corrected chi connectivity index (χ3v) is 5.38. The molecule has 8 nitrogen and oxygen atoms in total. The number of ether oxygens (including phenoxy) is 1. The third kappa shape index (κ3) is 7.95. The number of benzene rings is 1. The van der Waals surface area contributed by atoms with E-state index >= 15 is 0 Å². The number of carbonyl (C=O) groups is 2. The van der Waals surface area contributed by atoms with Crippen LogP contribution in [0.4, 0.5) is 0 Å². The zero-order valence-corrected chi connectivity index (χ0v) is 20.5. The van der Waals surface area contributed by atoms with Crippen LogP contribution in [-0.4, -0.2) is 86.1 Å². The van der Waals surface area contributed by atoms with Gasteiger partial charge in [-0.2, -0.15) is 0 Å². The summed E-state index contributed by atoms with van der Waals surface area (Å²) in [6.07, 6.45) is 2.32. The second-order valence-electron chi connectivity index (χ2n) is 7.57. The quantitative estimate of drug-likeness (QED) is 0.307. The van der Waals surface area contributed by atoms with Crippen LogP contribution in [0, 0.1) is 0 Å². The fourth-order valence-electron chi connectivity index (χ4n) is 3.73. The fraction of sp³-hybridized carbons (Fsp3) is 0.591. The van der Waals surface area contributed by atoms with E-state index in [1.165, 1.54) is 5.56 Å². The number of carbonyl (C=O) groups excluding carboxylic acids is 2. The lowest BCUT2D eigenvalue weighted by Crippen LogP contribution is -2.55. The molecule has 2 amide bonds. The molecular formula is C22H34IN5O3. The number of rotatable bonds is 7. The van der Waals surface area contributed by atoms with E-state index in [-0.39, 0.29) is 48.4 Å². The Labute approximate surface area is 201 Å². The summed E-state index contributed by atoms with van der Waals surface area (Å²) in [5.41, 5.74) is 1.20. The van der Waals surface area contributed by atoms with Gasteiger partial charge in [0.1, 0.15) is 12.6 Å². The number of hydrogen-bond acceptors (Lipinski definition) is 4. The molecule has 2 aliphatic heterocycles. The highest BCUT2D eigenvalue weighted by Gasteiger charge is 2.30.